The second-order valence-corrected chi connectivity index (χ2v) is 9.33. The van der Waals surface area contributed by atoms with E-state index in [-0.39, 0.29) is 17.2 Å². The van der Waals surface area contributed by atoms with E-state index in [9.17, 15) is 9.90 Å². The Bertz CT molecular complexity index is 1580. The Hall–Kier alpha value is -4.39. The van der Waals surface area contributed by atoms with Gasteiger partial charge in [0.15, 0.2) is 17.3 Å². The molecule has 4 aromatic rings. The summed E-state index contributed by atoms with van der Waals surface area (Å²) >= 11 is 0. The zero-order valence-corrected chi connectivity index (χ0v) is 22.5. The maximum absolute atomic E-state index is 13.7. The van der Waals surface area contributed by atoms with Crippen LogP contribution >= 0.6 is 0 Å². The summed E-state index contributed by atoms with van der Waals surface area (Å²) < 4.78 is 12.6. The van der Waals surface area contributed by atoms with Gasteiger partial charge in [-0.15, -0.1) is 6.58 Å². The first-order valence-electron chi connectivity index (χ1n) is 12.6. The van der Waals surface area contributed by atoms with Gasteiger partial charge in [-0.05, 0) is 79.3 Å². The summed E-state index contributed by atoms with van der Waals surface area (Å²) in [5, 5.41) is 15.7. The molecule has 1 aromatic heterocycles. The summed E-state index contributed by atoms with van der Waals surface area (Å²) in [5.74, 6) is 1.85. The predicted octanol–water partition coefficient (Wildman–Crippen LogP) is 6.22. The molecule has 0 unspecified atom stereocenters. The molecule has 0 radical (unpaired) electrons. The van der Waals surface area contributed by atoms with E-state index in [4.69, 9.17) is 14.5 Å². The summed E-state index contributed by atoms with van der Waals surface area (Å²) in [6.45, 7) is 12.2. The molecule has 0 amide bonds. The van der Waals surface area contributed by atoms with Gasteiger partial charge in [0.05, 0.1) is 30.8 Å². The van der Waals surface area contributed by atoms with Crippen molar-refractivity contribution in [1.29, 1.82) is 0 Å². The van der Waals surface area contributed by atoms with Crippen LogP contribution in [0.25, 0.3) is 22.3 Å². The minimum Gasteiger partial charge on any atom is -0.504 e. The summed E-state index contributed by atoms with van der Waals surface area (Å²) in [6, 6.07) is 14.7. The van der Waals surface area contributed by atoms with Crippen molar-refractivity contribution in [2.45, 2.75) is 40.0 Å². The van der Waals surface area contributed by atoms with Crippen molar-refractivity contribution in [2.24, 2.45) is 5.10 Å². The molecule has 0 saturated heterocycles. The molecule has 0 fully saturated rings. The number of allylic oxidation sites excluding steroid dienone is 1. The summed E-state index contributed by atoms with van der Waals surface area (Å²) in [5.41, 5.74) is 4.36. The molecule has 0 aliphatic carbocycles. The Morgan fingerprint density at radius 3 is 2.61 bits per heavy atom. The minimum absolute atomic E-state index is 0.0733. The van der Waals surface area contributed by atoms with Crippen LogP contribution in [0, 0.1) is 6.92 Å². The number of ether oxygens (including phenoxy) is 2. The third kappa shape index (κ3) is 5.18. The van der Waals surface area contributed by atoms with Crippen molar-refractivity contribution in [3.8, 4) is 28.6 Å². The fourth-order valence-corrected chi connectivity index (χ4v) is 4.44. The fourth-order valence-electron chi connectivity index (χ4n) is 4.44. The number of hydrogen-bond acceptors (Lipinski definition) is 6. The predicted molar refractivity (Wildman–Crippen MR) is 153 cm³/mol. The van der Waals surface area contributed by atoms with E-state index < -0.39 is 0 Å². The van der Waals surface area contributed by atoms with Gasteiger partial charge in [0, 0.05) is 11.1 Å². The molecular weight excluding hydrogens is 478 g/mol. The lowest BCUT2D eigenvalue weighted by Crippen LogP contribution is -2.21. The van der Waals surface area contributed by atoms with Crippen molar-refractivity contribution >= 4 is 17.1 Å². The highest BCUT2D eigenvalue weighted by molar-refractivity contribution is 5.83. The number of aromatic hydroxyl groups is 1. The molecular formula is C31H33N3O4. The normalized spacial score (nSPS) is 11.4. The van der Waals surface area contributed by atoms with E-state index in [1.165, 1.54) is 4.68 Å². The molecule has 1 heterocycles. The molecule has 0 aliphatic heterocycles. The molecule has 0 atom stereocenters. The van der Waals surface area contributed by atoms with E-state index >= 15 is 0 Å². The average molecular weight is 512 g/mol. The first-order valence-corrected chi connectivity index (χ1v) is 12.6. The largest absolute Gasteiger partial charge is 0.504 e. The zero-order chi connectivity index (χ0) is 27.4. The number of phenols is 1. The van der Waals surface area contributed by atoms with Crippen LogP contribution < -0.4 is 15.0 Å². The van der Waals surface area contributed by atoms with E-state index in [0.29, 0.717) is 46.6 Å². The quantitative estimate of drug-likeness (QED) is 0.213. The molecule has 4 rings (SSSR count). The van der Waals surface area contributed by atoms with Crippen LogP contribution in [0.15, 0.2) is 71.1 Å². The highest BCUT2D eigenvalue weighted by atomic mass is 16.5. The van der Waals surface area contributed by atoms with Gasteiger partial charge in [0.25, 0.3) is 5.56 Å². The Labute approximate surface area is 222 Å². The van der Waals surface area contributed by atoms with Gasteiger partial charge >= 0.3 is 0 Å². The lowest BCUT2D eigenvalue weighted by molar-refractivity contribution is 0.317. The van der Waals surface area contributed by atoms with Crippen LogP contribution in [0.5, 0.6) is 17.2 Å². The number of fused-ring (bicyclic) bond motifs is 1. The fraction of sp³-hybridized carbons (Fsp3) is 0.258. The summed E-state index contributed by atoms with van der Waals surface area (Å²) in [7, 11) is 1.66. The second-order valence-electron chi connectivity index (χ2n) is 9.33. The monoisotopic (exact) mass is 511 g/mol. The lowest BCUT2D eigenvalue weighted by atomic mass is 9.96. The zero-order valence-electron chi connectivity index (χ0n) is 22.5. The van der Waals surface area contributed by atoms with Gasteiger partial charge < -0.3 is 14.6 Å². The smallest absolute Gasteiger partial charge is 0.282 e. The molecule has 0 bridgehead atoms. The Morgan fingerprint density at radius 1 is 1.16 bits per heavy atom. The van der Waals surface area contributed by atoms with Crippen LogP contribution in [0.2, 0.25) is 0 Å². The van der Waals surface area contributed by atoms with E-state index in [0.717, 1.165) is 22.4 Å². The third-order valence-corrected chi connectivity index (χ3v) is 6.36. The van der Waals surface area contributed by atoms with Crippen molar-refractivity contribution in [3.05, 3.63) is 93.8 Å². The Kier molecular flexibility index (Phi) is 7.96. The minimum atomic E-state index is -0.279. The van der Waals surface area contributed by atoms with E-state index in [1.807, 2.05) is 44.2 Å². The third-order valence-electron chi connectivity index (χ3n) is 6.36. The van der Waals surface area contributed by atoms with Crippen molar-refractivity contribution in [3.63, 3.8) is 0 Å². The maximum Gasteiger partial charge on any atom is 0.282 e. The highest BCUT2D eigenvalue weighted by Crippen LogP contribution is 2.34. The van der Waals surface area contributed by atoms with Gasteiger partial charge in [-0.2, -0.15) is 9.78 Å². The Morgan fingerprint density at radius 2 is 1.92 bits per heavy atom. The number of phenolic OH excluding ortho intramolecular Hbond substituents is 1. The Balaban J connectivity index is 1.96. The summed E-state index contributed by atoms with van der Waals surface area (Å²) in [4.78, 5) is 18.6. The molecule has 0 saturated carbocycles. The van der Waals surface area contributed by atoms with Crippen LogP contribution in [-0.2, 0) is 6.42 Å². The molecule has 0 spiro atoms. The van der Waals surface area contributed by atoms with Crippen LogP contribution in [-0.4, -0.2) is 34.7 Å². The number of rotatable bonds is 9. The van der Waals surface area contributed by atoms with Crippen LogP contribution in [0.1, 0.15) is 48.9 Å². The van der Waals surface area contributed by atoms with Gasteiger partial charge in [0.1, 0.15) is 5.75 Å². The molecule has 0 aliphatic rings. The molecule has 196 valence electrons. The average Bonchev–Trinajstić information content (AvgIpc) is 2.90. The molecule has 1 N–H and O–H groups in total. The standard InChI is InChI=1S/C31H33N3O4/c1-7-11-22-15-21(16-28(29(22)35)38-8-2)18-32-34-30(33-26-13-10-9-12-23(26)31(34)36)25-17-24(19(3)4)27(37-6)14-20(25)5/h7,9-10,12-19,35H,1,8,11H2,2-6H3. The first-order chi connectivity index (χ1) is 18.3. The lowest BCUT2D eigenvalue weighted by Gasteiger charge is -2.17. The molecule has 7 nitrogen and oxygen atoms in total. The van der Waals surface area contributed by atoms with E-state index in [2.05, 4.69) is 25.5 Å². The SMILES string of the molecule is C=CCc1cc(C=Nn2c(-c3cc(C(C)C)c(OC)cc3C)nc3ccccc3c2=O)cc(OCC)c1O. The first kappa shape index (κ1) is 26.7. The number of methoxy groups -OCH3 is 1. The number of nitrogens with zero attached hydrogens (tertiary/aromatic N) is 3. The van der Waals surface area contributed by atoms with Crippen LogP contribution in [0.3, 0.4) is 0 Å². The number of aryl methyl sites for hydroxylation is 1. The van der Waals surface area contributed by atoms with Crippen molar-refractivity contribution in [1.82, 2.24) is 9.66 Å². The highest BCUT2D eigenvalue weighted by Gasteiger charge is 2.18. The maximum atomic E-state index is 13.7. The van der Waals surface area contributed by atoms with Gasteiger partial charge in [-0.1, -0.05) is 32.1 Å². The summed E-state index contributed by atoms with van der Waals surface area (Å²) in [6.07, 6.45) is 3.75. The number of para-hydroxylation sites is 1. The van der Waals surface area contributed by atoms with Crippen LogP contribution in [0.4, 0.5) is 0 Å². The second kappa shape index (κ2) is 11.3. The van der Waals surface area contributed by atoms with E-state index in [1.54, 1.807) is 37.6 Å². The van der Waals surface area contributed by atoms with Gasteiger partial charge in [-0.3, -0.25) is 4.79 Å². The number of benzene rings is 3. The number of aromatic nitrogens is 2. The number of hydrogen-bond donors (Lipinski definition) is 1. The molecule has 38 heavy (non-hydrogen) atoms. The van der Waals surface area contributed by atoms with Crippen molar-refractivity contribution in [2.75, 3.05) is 13.7 Å². The van der Waals surface area contributed by atoms with Gasteiger partial charge in [0.2, 0.25) is 0 Å². The molecule has 3 aromatic carbocycles. The van der Waals surface area contributed by atoms with Gasteiger partial charge in [-0.25, -0.2) is 4.98 Å². The van der Waals surface area contributed by atoms with Crippen molar-refractivity contribution < 1.29 is 14.6 Å². The topological polar surface area (TPSA) is 85.9 Å². The molecule has 7 heteroatoms.